The van der Waals surface area contributed by atoms with Gasteiger partial charge in [-0.3, -0.25) is 4.79 Å². The molecule has 4 nitrogen and oxygen atoms in total. The highest BCUT2D eigenvalue weighted by Crippen LogP contribution is 2.15. The lowest BCUT2D eigenvalue weighted by atomic mass is 10.2. The number of aliphatic carboxylic acids is 1. The van der Waals surface area contributed by atoms with Crippen LogP contribution in [0.2, 0.25) is 5.02 Å². The van der Waals surface area contributed by atoms with Crippen molar-refractivity contribution in [3.8, 4) is 0 Å². The Hall–Kier alpha value is -1.55. The number of aromatic nitrogens is 2. The lowest BCUT2D eigenvalue weighted by molar-refractivity contribution is -0.136. The van der Waals surface area contributed by atoms with E-state index in [1.807, 2.05) is 0 Å². The van der Waals surface area contributed by atoms with E-state index in [-0.39, 0.29) is 6.42 Å². The van der Waals surface area contributed by atoms with Crippen molar-refractivity contribution in [3.63, 3.8) is 0 Å². The molecule has 0 radical (unpaired) electrons. The van der Waals surface area contributed by atoms with E-state index in [0.717, 1.165) is 5.52 Å². The standard InChI is InChI=1S/C9H7ClN2O2/c10-6-1-2-12-5-11-7(4-9(13)14)8(12)3-6/h1-3,5H,4H2,(H,13,14). The van der Waals surface area contributed by atoms with Gasteiger partial charge in [0.05, 0.1) is 24.0 Å². The molecule has 2 rings (SSSR count). The first-order chi connectivity index (χ1) is 6.66. The van der Waals surface area contributed by atoms with Crippen molar-refractivity contribution in [2.24, 2.45) is 0 Å². The molecule has 0 aliphatic carbocycles. The molecular formula is C9H7ClN2O2. The Bertz CT molecular complexity index is 493. The number of carbonyl (C=O) groups is 1. The van der Waals surface area contributed by atoms with Gasteiger partial charge in [-0.15, -0.1) is 0 Å². The molecule has 14 heavy (non-hydrogen) atoms. The lowest BCUT2D eigenvalue weighted by Gasteiger charge is -1.96. The number of fused-ring (bicyclic) bond motifs is 1. The fourth-order valence-corrected chi connectivity index (χ4v) is 1.46. The number of rotatable bonds is 2. The van der Waals surface area contributed by atoms with Gasteiger partial charge in [-0.2, -0.15) is 0 Å². The number of hydrogen-bond donors (Lipinski definition) is 1. The highest BCUT2D eigenvalue weighted by atomic mass is 35.5. The average Bonchev–Trinajstić information content (AvgIpc) is 2.47. The summed E-state index contributed by atoms with van der Waals surface area (Å²) in [5.74, 6) is -0.898. The summed E-state index contributed by atoms with van der Waals surface area (Å²) in [5.41, 5.74) is 1.26. The maximum absolute atomic E-state index is 10.5. The number of carboxylic acids is 1. The van der Waals surface area contributed by atoms with E-state index >= 15 is 0 Å². The molecule has 0 aliphatic heterocycles. The first-order valence-electron chi connectivity index (χ1n) is 3.99. The van der Waals surface area contributed by atoms with Crippen LogP contribution >= 0.6 is 11.6 Å². The van der Waals surface area contributed by atoms with Crippen LogP contribution in [0.25, 0.3) is 5.52 Å². The van der Waals surface area contributed by atoms with E-state index in [2.05, 4.69) is 4.98 Å². The first kappa shape index (κ1) is 9.02. The maximum atomic E-state index is 10.5. The van der Waals surface area contributed by atoms with Crippen LogP contribution in [-0.2, 0) is 11.2 Å². The van der Waals surface area contributed by atoms with Crippen molar-refractivity contribution in [1.82, 2.24) is 9.38 Å². The van der Waals surface area contributed by atoms with E-state index in [1.54, 1.807) is 29.1 Å². The van der Waals surface area contributed by atoms with Gasteiger partial charge in [0.25, 0.3) is 0 Å². The summed E-state index contributed by atoms with van der Waals surface area (Å²) >= 11 is 5.80. The maximum Gasteiger partial charge on any atom is 0.309 e. The molecule has 5 heteroatoms. The van der Waals surface area contributed by atoms with Gasteiger partial charge in [0.15, 0.2) is 0 Å². The fraction of sp³-hybridized carbons (Fsp3) is 0.111. The van der Waals surface area contributed by atoms with Gasteiger partial charge in [0.2, 0.25) is 0 Å². The molecule has 0 spiro atoms. The van der Waals surface area contributed by atoms with Crippen LogP contribution in [0.15, 0.2) is 24.7 Å². The van der Waals surface area contributed by atoms with Gasteiger partial charge >= 0.3 is 5.97 Å². The number of nitrogens with zero attached hydrogens (tertiary/aromatic N) is 2. The van der Waals surface area contributed by atoms with Crippen molar-refractivity contribution >= 4 is 23.1 Å². The summed E-state index contributed by atoms with van der Waals surface area (Å²) in [7, 11) is 0. The van der Waals surface area contributed by atoms with Crippen molar-refractivity contribution in [2.45, 2.75) is 6.42 Å². The Morgan fingerprint density at radius 3 is 3.14 bits per heavy atom. The number of hydrogen-bond acceptors (Lipinski definition) is 2. The van der Waals surface area contributed by atoms with Gasteiger partial charge in [-0.05, 0) is 12.1 Å². The molecular weight excluding hydrogens is 204 g/mol. The third-order valence-electron chi connectivity index (χ3n) is 1.90. The zero-order valence-corrected chi connectivity index (χ0v) is 7.90. The second-order valence-corrected chi connectivity index (χ2v) is 3.34. The Kier molecular flexibility index (Phi) is 2.13. The van der Waals surface area contributed by atoms with Gasteiger partial charge in [0.1, 0.15) is 0 Å². The van der Waals surface area contributed by atoms with E-state index in [4.69, 9.17) is 16.7 Å². The number of pyridine rings is 1. The number of imidazole rings is 1. The minimum absolute atomic E-state index is 0.0865. The summed E-state index contributed by atoms with van der Waals surface area (Å²) < 4.78 is 1.74. The van der Waals surface area contributed by atoms with E-state index in [1.165, 1.54) is 0 Å². The van der Waals surface area contributed by atoms with Gasteiger partial charge in [-0.25, -0.2) is 4.98 Å². The monoisotopic (exact) mass is 210 g/mol. The van der Waals surface area contributed by atoms with Crippen molar-refractivity contribution < 1.29 is 9.90 Å². The molecule has 0 bridgehead atoms. The third-order valence-corrected chi connectivity index (χ3v) is 2.13. The van der Waals surface area contributed by atoms with Crippen LogP contribution in [0.1, 0.15) is 5.69 Å². The van der Waals surface area contributed by atoms with Crippen molar-refractivity contribution in [3.05, 3.63) is 35.4 Å². The van der Waals surface area contributed by atoms with Crippen LogP contribution < -0.4 is 0 Å². The summed E-state index contributed by atoms with van der Waals surface area (Å²) in [6.45, 7) is 0. The van der Waals surface area contributed by atoms with E-state index in [9.17, 15) is 4.79 Å². The normalized spacial score (nSPS) is 10.6. The molecule has 0 aliphatic rings. The minimum atomic E-state index is -0.898. The van der Waals surface area contributed by atoms with Crippen LogP contribution in [0.4, 0.5) is 0 Å². The van der Waals surface area contributed by atoms with Crippen LogP contribution in [-0.4, -0.2) is 20.5 Å². The van der Waals surface area contributed by atoms with Gasteiger partial charge in [-0.1, -0.05) is 11.6 Å². The number of carboxylic acid groups (broad SMARTS) is 1. The highest BCUT2D eigenvalue weighted by Gasteiger charge is 2.08. The van der Waals surface area contributed by atoms with Gasteiger partial charge in [0, 0.05) is 11.2 Å². The van der Waals surface area contributed by atoms with Crippen molar-refractivity contribution in [2.75, 3.05) is 0 Å². The first-order valence-corrected chi connectivity index (χ1v) is 4.37. The van der Waals surface area contributed by atoms with Crippen LogP contribution in [0, 0.1) is 0 Å². The Labute approximate surface area is 84.8 Å². The second kappa shape index (κ2) is 3.31. The van der Waals surface area contributed by atoms with Crippen LogP contribution in [0.3, 0.4) is 0 Å². The molecule has 0 unspecified atom stereocenters. The quantitative estimate of drug-likeness (QED) is 0.820. The molecule has 72 valence electrons. The smallest absolute Gasteiger partial charge is 0.309 e. The highest BCUT2D eigenvalue weighted by molar-refractivity contribution is 6.30. The third kappa shape index (κ3) is 1.56. The Morgan fingerprint density at radius 1 is 1.64 bits per heavy atom. The molecule has 2 heterocycles. The summed E-state index contributed by atoms with van der Waals surface area (Å²) in [4.78, 5) is 14.5. The Balaban J connectivity index is 2.55. The summed E-state index contributed by atoms with van der Waals surface area (Å²) in [6, 6.07) is 3.42. The lowest BCUT2D eigenvalue weighted by Crippen LogP contribution is -2.00. The average molecular weight is 211 g/mol. The summed E-state index contributed by atoms with van der Waals surface area (Å²) in [6.07, 6.45) is 3.23. The second-order valence-electron chi connectivity index (χ2n) is 2.90. The molecule has 0 saturated carbocycles. The Morgan fingerprint density at radius 2 is 2.43 bits per heavy atom. The van der Waals surface area contributed by atoms with E-state index < -0.39 is 5.97 Å². The molecule has 2 aromatic heterocycles. The molecule has 0 amide bonds. The van der Waals surface area contributed by atoms with Crippen molar-refractivity contribution in [1.29, 1.82) is 0 Å². The summed E-state index contributed by atoms with van der Waals surface area (Å²) in [5, 5.41) is 9.21. The molecule has 2 aromatic rings. The minimum Gasteiger partial charge on any atom is -0.481 e. The molecule has 1 N–H and O–H groups in total. The topological polar surface area (TPSA) is 54.6 Å². The fourth-order valence-electron chi connectivity index (χ4n) is 1.30. The number of halogens is 1. The molecule has 0 atom stereocenters. The zero-order valence-electron chi connectivity index (χ0n) is 7.14. The SMILES string of the molecule is O=C(O)Cc1ncn2ccc(Cl)cc12. The molecule has 0 fully saturated rings. The largest absolute Gasteiger partial charge is 0.481 e. The molecule has 0 aromatic carbocycles. The molecule has 0 saturated heterocycles. The van der Waals surface area contributed by atoms with Crippen LogP contribution in [0.5, 0.6) is 0 Å². The van der Waals surface area contributed by atoms with Gasteiger partial charge < -0.3 is 9.51 Å². The zero-order chi connectivity index (χ0) is 10.1. The predicted molar refractivity (Wildman–Crippen MR) is 51.5 cm³/mol. The van der Waals surface area contributed by atoms with E-state index in [0.29, 0.717) is 10.7 Å². The predicted octanol–water partition coefficient (Wildman–Crippen LogP) is 1.61.